The number of aromatic nitrogens is 2. The van der Waals surface area contributed by atoms with Crippen molar-refractivity contribution in [1.82, 2.24) is 15.5 Å². The van der Waals surface area contributed by atoms with E-state index in [4.69, 9.17) is 4.52 Å². The number of likely N-dealkylation sites (N-methyl/N-ethyl adjacent to an activating group) is 1. The Balaban J connectivity index is 1.72. The molecule has 2 unspecified atom stereocenters. The van der Waals surface area contributed by atoms with Gasteiger partial charge < -0.3 is 9.84 Å². The van der Waals surface area contributed by atoms with Crippen LogP contribution in [0, 0.1) is 0 Å². The van der Waals surface area contributed by atoms with Gasteiger partial charge in [-0.25, -0.2) is 0 Å². The molecule has 100 valence electrons. The van der Waals surface area contributed by atoms with Crippen molar-refractivity contribution >= 4 is 0 Å². The Kier molecular flexibility index (Phi) is 3.64. The molecule has 0 radical (unpaired) electrons. The fourth-order valence-corrected chi connectivity index (χ4v) is 3.16. The van der Waals surface area contributed by atoms with Crippen molar-refractivity contribution in [1.29, 1.82) is 0 Å². The number of rotatable bonds is 4. The smallest absolute Gasteiger partial charge is 0.231 e. The van der Waals surface area contributed by atoms with Crippen LogP contribution >= 0.6 is 0 Å². The molecule has 0 amide bonds. The second-order valence-corrected chi connectivity index (χ2v) is 5.67. The van der Waals surface area contributed by atoms with Crippen molar-refractivity contribution in [2.24, 2.45) is 0 Å². The summed E-state index contributed by atoms with van der Waals surface area (Å²) in [4.78, 5) is 4.67. The topological polar surface area (TPSA) is 51.0 Å². The Morgan fingerprint density at radius 3 is 2.72 bits per heavy atom. The summed E-state index contributed by atoms with van der Waals surface area (Å²) in [5, 5.41) is 7.77. The van der Waals surface area contributed by atoms with Crippen LogP contribution in [0.5, 0.6) is 0 Å². The summed E-state index contributed by atoms with van der Waals surface area (Å²) < 4.78 is 5.54. The van der Waals surface area contributed by atoms with Gasteiger partial charge in [0.15, 0.2) is 5.82 Å². The molecule has 1 heterocycles. The highest BCUT2D eigenvalue weighted by atomic mass is 16.5. The Hall–Kier alpha value is -0.900. The standard InChI is InChI=1S/C14H23N3O/c1-2-15-12-9-4-3-8-11(12)14-16-13(17-18-14)10-6-5-7-10/h10-12,15H,2-9H2,1H3. The molecule has 4 heteroatoms. The van der Waals surface area contributed by atoms with E-state index in [1.165, 1.54) is 44.9 Å². The lowest BCUT2D eigenvalue weighted by Gasteiger charge is -2.29. The summed E-state index contributed by atoms with van der Waals surface area (Å²) >= 11 is 0. The fraction of sp³-hybridized carbons (Fsp3) is 0.857. The number of nitrogens with one attached hydrogen (secondary N) is 1. The fourth-order valence-electron chi connectivity index (χ4n) is 3.16. The largest absolute Gasteiger partial charge is 0.339 e. The molecule has 2 atom stereocenters. The first kappa shape index (κ1) is 12.2. The molecule has 0 spiro atoms. The van der Waals surface area contributed by atoms with E-state index in [1.54, 1.807) is 0 Å². The molecule has 0 bridgehead atoms. The van der Waals surface area contributed by atoms with Gasteiger partial charge in [0.05, 0.1) is 5.92 Å². The van der Waals surface area contributed by atoms with E-state index >= 15 is 0 Å². The van der Waals surface area contributed by atoms with Gasteiger partial charge in [0.1, 0.15) is 0 Å². The molecule has 2 saturated carbocycles. The van der Waals surface area contributed by atoms with E-state index in [-0.39, 0.29) is 0 Å². The van der Waals surface area contributed by atoms with Gasteiger partial charge in [-0.2, -0.15) is 4.98 Å². The molecule has 1 aromatic rings. The van der Waals surface area contributed by atoms with Gasteiger partial charge in [0.25, 0.3) is 0 Å². The van der Waals surface area contributed by atoms with Gasteiger partial charge in [-0.1, -0.05) is 31.3 Å². The van der Waals surface area contributed by atoms with Gasteiger partial charge in [0, 0.05) is 12.0 Å². The number of hydrogen-bond acceptors (Lipinski definition) is 4. The van der Waals surface area contributed by atoms with Crippen LogP contribution in [0.4, 0.5) is 0 Å². The minimum atomic E-state index is 0.431. The summed E-state index contributed by atoms with van der Waals surface area (Å²) in [6.45, 7) is 3.18. The Morgan fingerprint density at radius 1 is 1.17 bits per heavy atom. The maximum Gasteiger partial charge on any atom is 0.231 e. The third-order valence-corrected chi connectivity index (χ3v) is 4.48. The van der Waals surface area contributed by atoms with Crippen LogP contribution in [-0.4, -0.2) is 22.7 Å². The van der Waals surface area contributed by atoms with E-state index in [0.29, 0.717) is 17.9 Å². The second-order valence-electron chi connectivity index (χ2n) is 5.67. The monoisotopic (exact) mass is 249 g/mol. The van der Waals surface area contributed by atoms with E-state index in [2.05, 4.69) is 22.4 Å². The first-order valence-corrected chi connectivity index (χ1v) is 7.45. The maximum absolute atomic E-state index is 5.54. The molecule has 0 aromatic carbocycles. The Labute approximate surface area is 109 Å². The van der Waals surface area contributed by atoms with Crippen molar-refractivity contribution in [3.63, 3.8) is 0 Å². The summed E-state index contributed by atoms with van der Waals surface area (Å²) in [6.07, 6.45) is 8.81. The Morgan fingerprint density at radius 2 is 2.00 bits per heavy atom. The van der Waals surface area contributed by atoms with Crippen LogP contribution in [-0.2, 0) is 0 Å². The van der Waals surface area contributed by atoms with Gasteiger partial charge in [0.2, 0.25) is 5.89 Å². The van der Waals surface area contributed by atoms with Crippen molar-refractivity contribution in [3.05, 3.63) is 11.7 Å². The molecule has 18 heavy (non-hydrogen) atoms. The lowest BCUT2D eigenvalue weighted by molar-refractivity contribution is 0.262. The molecule has 4 nitrogen and oxygen atoms in total. The zero-order valence-electron chi connectivity index (χ0n) is 11.2. The van der Waals surface area contributed by atoms with Gasteiger partial charge in [-0.15, -0.1) is 0 Å². The lowest BCUT2D eigenvalue weighted by atomic mass is 9.83. The summed E-state index contributed by atoms with van der Waals surface area (Å²) in [5.74, 6) is 2.84. The summed E-state index contributed by atoms with van der Waals surface area (Å²) in [7, 11) is 0. The molecule has 1 N–H and O–H groups in total. The van der Waals surface area contributed by atoms with Gasteiger partial charge >= 0.3 is 0 Å². The molecule has 2 aliphatic rings. The van der Waals surface area contributed by atoms with Crippen molar-refractivity contribution in [3.8, 4) is 0 Å². The third kappa shape index (κ3) is 2.30. The molecule has 2 aliphatic carbocycles. The van der Waals surface area contributed by atoms with Crippen LogP contribution < -0.4 is 5.32 Å². The zero-order chi connectivity index (χ0) is 12.4. The highest BCUT2D eigenvalue weighted by Gasteiger charge is 2.32. The predicted octanol–water partition coefficient (Wildman–Crippen LogP) is 2.97. The van der Waals surface area contributed by atoms with E-state index < -0.39 is 0 Å². The van der Waals surface area contributed by atoms with Crippen LogP contribution in [0.25, 0.3) is 0 Å². The van der Waals surface area contributed by atoms with Crippen LogP contribution in [0.15, 0.2) is 4.52 Å². The Bertz CT molecular complexity index is 384. The quantitative estimate of drug-likeness (QED) is 0.891. The van der Waals surface area contributed by atoms with Crippen molar-refractivity contribution in [2.45, 2.75) is 69.7 Å². The van der Waals surface area contributed by atoms with E-state index in [0.717, 1.165) is 18.3 Å². The lowest BCUT2D eigenvalue weighted by Crippen LogP contribution is -2.37. The zero-order valence-corrected chi connectivity index (χ0v) is 11.2. The van der Waals surface area contributed by atoms with Crippen LogP contribution in [0.1, 0.15) is 75.4 Å². The minimum Gasteiger partial charge on any atom is -0.339 e. The predicted molar refractivity (Wildman–Crippen MR) is 69.6 cm³/mol. The minimum absolute atomic E-state index is 0.431. The third-order valence-electron chi connectivity index (χ3n) is 4.48. The molecule has 2 fully saturated rings. The average molecular weight is 249 g/mol. The van der Waals surface area contributed by atoms with E-state index in [1.807, 2.05) is 0 Å². The first-order chi connectivity index (χ1) is 8.88. The number of hydrogen-bond donors (Lipinski definition) is 1. The molecule has 0 saturated heterocycles. The average Bonchev–Trinajstić information content (AvgIpc) is 2.77. The van der Waals surface area contributed by atoms with Crippen molar-refractivity contribution < 1.29 is 4.52 Å². The molecule has 0 aliphatic heterocycles. The maximum atomic E-state index is 5.54. The van der Waals surface area contributed by atoms with Crippen LogP contribution in [0.2, 0.25) is 0 Å². The molecular formula is C14H23N3O. The highest BCUT2D eigenvalue weighted by molar-refractivity contribution is 5.05. The highest BCUT2D eigenvalue weighted by Crippen LogP contribution is 2.37. The second kappa shape index (κ2) is 5.39. The molecule has 1 aromatic heterocycles. The van der Waals surface area contributed by atoms with Crippen molar-refractivity contribution in [2.75, 3.05) is 6.54 Å². The van der Waals surface area contributed by atoms with Gasteiger partial charge in [-0.05, 0) is 32.2 Å². The SMILES string of the molecule is CCNC1CCCCC1c1nc(C2CCC2)no1. The van der Waals surface area contributed by atoms with E-state index in [9.17, 15) is 0 Å². The molecule has 3 rings (SSSR count). The van der Waals surface area contributed by atoms with Gasteiger partial charge in [-0.3, -0.25) is 0 Å². The summed E-state index contributed by atoms with van der Waals surface area (Å²) in [6, 6.07) is 0.526. The normalized spacial score (nSPS) is 29.2. The number of nitrogens with zero attached hydrogens (tertiary/aromatic N) is 2. The molecular weight excluding hydrogens is 226 g/mol. The summed E-state index contributed by atoms with van der Waals surface area (Å²) in [5.41, 5.74) is 0. The first-order valence-electron chi connectivity index (χ1n) is 7.45. The van der Waals surface area contributed by atoms with Crippen LogP contribution in [0.3, 0.4) is 0 Å².